The van der Waals surface area contributed by atoms with Gasteiger partial charge in [-0.05, 0) is 30.4 Å². The number of anilines is 1. The van der Waals surface area contributed by atoms with Gasteiger partial charge in [-0.1, -0.05) is 24.3 Å². The molecule has 1 aromatic heterocycles. The molecule has 1 heterocycles. The molecule has 1 atom stereocenters. The predicted molar refractivity (Wildman–Crippen MR) is 69.1 cm³/mol. The highest BCUT2D eigenvalue weighted by atomic mass is 15.3. The maximum absolute atomic E-state index is 4.18. The molecular weight excluding hydrogens is 210 g/mol. The summed E-state index contributed by atoms with van der Waals surface area (Å²) in [5, 5.41) is 7.74. The highest BCUT2D eigenvalue weighted by molar-refractivity contribution is 5.41. The maximum atomic E-state index is 4.18. The Morgan fingerprint density at radius 3 is 2.88 bits per heavy atom. The minimum Gasteiger partial charge on any atom is -0.379 e. The second kappa shape index (κ2) is 4.24. The molecule has 3 heteroatoms. The molecular formula is C14H17N3. The lowest BCUT2D eigenvalue weighted by Gasteiger charge is -2.25. The summed E-state index contributed by atoms with van der Waals surface area (Å²) in [6.45, 7) is 0. The largest absolute Gasteiger partial charge is 0.379 e. The van der Waals surface area contributed by atoms with Crippen LogP contribution in [0.3, 0.4) is 0 Å². The van der Waals surface area contributed by atoms with Crippen LogP contribution >= 0.6 is 0 Å². The fourth-order valence-corrected chi connectivity index (χ4v) is 2.55. The molecule has 3 nitrogen and oxygen atoms in total. The minimum absolute atomic E-state index is 0.536. The van der Waals surface area contributed by atoms with E-state index >= 15 is 0 Å². The number of aryl methyl sites for hydroxylation is 2. The first-order valence-electron chi connectivity index (χ1n) is 6.13. The number of aromatic nitrogens is 2. The van der Waals surface area contributed by atoms with Crippen molar-refractivity contribution in [2.75, 3.05) is 5.32 Å². The zero-order chi connectivity index (χ0) is 11.7. The van der Waals surface area contributed by atoms with Crippen LogP contribution in [0.2, 0.25) is 0 Å². The van der Waals surface area contributed by atoms with Gasteiger partial charge in [0.2, 0.25) is 0 Å². The van der Waals surface area contributed by atoms with Gasteiger partial charge >= 0.3 is 0 Å². The lowest BCUT2D eigenvalue weighted by molar-refractivity contribution is 0.611. The van der Waals surface area contributed by atoms with Crippen molar-refractivity contribution in [1.29, 1.82) is 0 Å². The Bertz CT molecular complexity index is 516. The van der Waals surface area contributed by atoms with Gasteiger partial charge in [0.15, 0.2) is 0 Å². The summed E-state index contributed by atoms with van der Waals surface area (Å²) in [6, 6.07) is 9.29. The molecule has 1 aliphatic rings. The first kappa shape index (κ1) is 10.4. The molecule has 0 aliphatic heterocycles. The molecule has 0 saturated heterocycles. The Morgan fingerprint density at radius 2 is 2.12 bits per heavy atom. The molecule has 0 fully saturated rings. The summed E-state index contributed by atoms with van der Waals surface area (Å²) in [6.07, 6.45) is 7.41. The molecule has 0 amide bonds. The third kappa shape index (κ3) is 2.18. The second-order valence-electron chi connectivity index (χ2n) is 4.76. The number of nitrogens with zero attached hydrogens (tertiary/aromatic N) is 2. The van der Waals surface area contributed by atoms with Gasteiger partial charge in [-0.25, -0.2) is 0 Å². The van der Waals surface area contributed by atoms with Crippen LogP contribution in [0, 0.1) is 0 Å². The van der Waals surface area contributed by atoms with E-state index in [1.807, 2.05) is 24.1 Å². The molecule has 17 heavy (non-hydrogen) atoms. The Labute approximate surface area is 101 Å². The van der Waals surface area contributed by atoms with Crippen LogP contribution in [0.25, 0.3) is 0 Å². The summed E-state index contributed by atoms with van der Waals surface area (Å²) in [5.41, 5.74) is 4.12. The molecule has 1 aliphatic carbocycles. The standard InChI is InChI=1S/C14H17N3/c1-17-10-14(9-15-17)16-13-7-6-11-4-2-3-5-12(11)8-13/h2-5,9-10,13,16H,6-8H2,1H3. The van der Waals surface area contributed by atoms with Crippen molar-refractivity contribution < 1.29 is 0 Å². The van der Waals surface area contributed by atoms with Gasteiger partial charge in [0.1, 0.15) is 0 Å². The van der Waals surface area contributed by atoms with E-state index in [2.05, 4.69) is 34.7 Å². The molecule has 1 unspecified atom stereocenters. The average Bonchev–Trinajstić information content (AvgIpc) is 2.75. The average molecular weight is 227 g/mol. The maximum Gasteiger partial charge on any atom is 0.0728 e. The third-order valence-electron chi connectivity index (χ3n) is 3.42. The highest BCUT2D eigenvalue weighted by Gasteiger charge is 2.18. The first-order chi connectivity index (χ1) is 8.31. The molecule has 1 N–H and O–H groups in total. The van der Waals surface area contributed by atoms with Crippen LogP contribution in [0.4, 0.5) is 5.69 Å². The Morgan fingerprint density at radius 1 is 1.29 bits per heavy atom. The topological polar surface area (TPSA) is 29.9 Å². The predicted octanol–water partition coefficient (Wildman–Crippen LogP) is 2.39. The third-order valence-corrected chi connectivity index (χ3v) is 3.42. The Hall–Kier alpha value is -1.77. The van der Waals surface area contributed by atoms with E-state index in [0.29, 0.717) is 6.04 Å². The van der Waals surface area contributed by atoms with Gasteiger partial charge in [0.25, 0.3) is 0 Å². The fraction of sp³-hybridized carbons (Fsp3) is 0.357. The van der Waals surface area contributed by atoms with Crippen molar-refractivity contribution >= 4 is 5.69 Å². The monoisotopic (exact) mass is 227 g/mol. The van der Waals surface area contributed by atoms with Crippen LogP contribution in [0.5, 0.6) is 0 Å². The van der Waals surface area contributed by atoms with Crippen LogP contribution in [0.1, 0.15) is 17.5 Å². The normalized spacial score (nSPS) is 18.8. The molecule has 2 aromatic rings. The van der Waals surface area contributed by atoms with Gasteiger partial charge in [0, 0.05) is 19.3 Å². The molecule has 1 aromatic carbocycles. The van der Waals surface area contributed by atoms with Gasteiger partial charge in [-0.2, -0.15) is 5.10 Å². The Balaban J connectivity index is 1.72. The number of benzene rings is 1. The lowest BCUT2D eigenvalue weighted by atomic mass is 9.88. The second-order valence-corrected chi connectivity index (χ2v) is 4.76. The van der Waals surface area contributed by atoms with E-state index < -0.39 is 0 Å². The van der Waals surface area contributed by atoms with Crippen molar-refractivity contribution in [1.82, 2.24) is 9.78 Å². The van der Waals surface area contributed by atoms with Crippen molar-refractivity contribution in [3.8, 4) is 0 Å². The quantitative estimate of drug-likeness (QED) is 0.853. The molecule has 0 spiro atoms. The number of rotatable bonds is 2. The number of hydrogen-bond donors (Lipinski definition) is 1. The number of fused-ring (bicyclic) bond motifs is 1. The van der Waals surface area contributed by atoms with Crippen molar-refractivity contribution in [3.05, 3.63) is 47.8 Å². The van der Waals surface area contributed by atoms with Crippen LogP contribution < -0.4 is 5.32 Å². The van der Waals surface area contributed by atoms with E-state index in [-0.39, 0.29) is 0 Å². The first-order valence-corrected chi connectivity index (χ1v) is 6.13. The SMILES string of the molecule is Cn1cc(NC2CCc3ccccc3C2)cn1. The Kier molecular flexibility index (Phi) is 2.59. The smallest absolute Gasteiger partial charge is 0.0728 e. The molecule has 3 rings (SSSR count). The van der Waals surface area contributed by atoms with Crippen molar-refractivity contribution in [2.24, 2.45) is 7.05 Å². The van der Waals surface area contributed by atoms with Crippen LogP contribution in [-0.2, 0) is 19.9 Å². The summed E-state index contributed by atoms with van der Waals surface area (Å²) in [4.78, 5) is 0. The zero-order valence-electron chi connectivity index (χ0n) is 10.1. The van der Waals surface area contributed by atoms with Gasteiger partial charge in [-0.3, -0.25) is 4.68 Å². The van der Waals surface area contributed by atoms with E-state index in [9.17, 15) is 0 Å². The van der Waals surface area contributed by atoms with E-state index in [1.54, 1.807) is 0 Å². The van der Waals surface area contributed by atoms with E-state index in [0.717, 1.165) is 12.1 Å². The molecule has 0 bridgehead atoms. The minimum atomic E-state index is 0.536. The van der Waals surface area contributed by atoms with Gasteiger partial charge in [0.05, 0.1) is 11.9 Å². The van der Waals surface area contributed by atoms with Crippen molar-refractivity contribution in [3.63, 3.8) is 0 Å². The highest BCUT2D eigenvalue weighted by Crippen LogP contribution is 2.23. The number of hydrogen-bond acceptors (Lipinski definition) is 2. The fourth-order valence-electron chi connectivity index (χ4n) is 2.55. The zero-order valence-corrected chi connectivity index (χ0v) is 10.1. The van der Waals surface area contributed by atoms with E-state index in [1.165, 1.54) is 24.0 Å². The molecule has 88 valence electrons. The summed E-state index contributed by atoms with van der Waals surface area (Å²) in [7, 11) is 1.95. The van der Waals surface area contributed by atoms with Gasteiger partial charge in [-0.15, -0.1) is 0 Å². The number of nitrogens with one attached hydrogen (secondary N) is 1. The molecule has 0 saturated carbocycles. The summed E-state index contributed by atoms with van der Waals surface area (Å²) < 4.78 is 1.83. The van der Waals surface area contributed by atoms with Crippen molar-refractivity contribution in [2.45, 2.75) is 25.3 Å². The lowest BCUT2D eigenvalue weighted by Crippen LogP contribution is -2.27. The van der Waals surface area contributed by atoms with E-state index in [4.69, 9.17) is 0 Å². The van der Waals surface area contributed by atoms with Crippen LogP contribution in [0.15, 0.2) is 36.7 Å². The summed E-state index contributed by atoms with van der Waals surface area (Å²) in [5.74, 6) is 0. The van der Waals surface area contributed by atoms with Gasteiger partial charge < -0.3 is 5.32 Å². The summed E-state index contributed by atoms with van der Waals surface area (Å²) >= 11 is 0. The molecule has 0 radical (unpaired) electrons. The van der Waals surface area contributed by atoms with Crippen LogP contribution in [-0.4, -0.2) is 15.8 Å².